The second-order valence-corrected chi connectivity index (χ2v) is 4.23. The van der Waals surface area contributed by atoms with Crippen LogP contribution in [0.2, 0.25) is 0 Å². The van der Waals surface area contributed by atoms with E-state index in [4.69, 9.17) is 0 Å². The summed E-state index contributed by atoms with van der Waals surface area (Å²) in [5.74, 6) is -1.11. The minimum absolute atomic E-state index is 0.316. The summed E-state index contributed by atoms with van der Waals surface area (Å²) < 4.78 is 0. The van der Waals surface area contributed by atoms with Crippen LogP contribution in [0.4, 0.5) is 0 Å². The number of hydrogen-bond donors (Lipinski definition) is 2. The molecule has 0 bridgehead atoms. The Labute approximate surface area is 98.3 Å². The molecule has 0 aliphatic carbocycles. The van der Waals surface area contributed by atoms with Crippen LogP contribution in [-0.4, -0.2) is 45.8 Å². The van der Waals surface area contributed by atoms with Crippen LogP contribution < -0.4 is 0 Å². The SMILES string of the molecule is CCCCC(O)(C(=O)O)C(C)N(CC)CC. The van der Waals surface area contributed by atoms with Gasteiger partial charge in [-0.25, -0.2) is 4.79 Å². The molecule has 0 saturated heterocycles. The van der Waals surface area contributed by atoms with Crippen molar-refractivity contribution in [2.45, 2.75) is 58.6 Å². The number of aliphatic hydroxyl groups is 1. The van der Waals surface area contributed by atoms with Gasteiger partial charge < -0.3 is 10.2 Å². The summed E-state index contributed by atoms with van der Waals surface area (Å²) in [4.78, 5) is 13.2. The summed E-state index contributed by atoms with van der Waals surface area (Å²) in [7, 11) is 0. The van der Waals surface area contributed by atoms with E-state index in [0.29, 0.717) is 6.42 Å². The Morgan fingerprint density at radius 2 is 1.81 bits per heavy atom. The van der Waals surface area contributed by atoms with E-state index in [-0.39, 0.29) is 6.04 Å². The molecule has 16 heavy (non-hydrogen) atoms. The number of unbranched alkanes of at least 4 members (excludes halogenated alkanes) is 1. The van der Waals surface area contributed by atoms with Gasteiger partial charge in [0, 0.05) is 6.04 Å². The smallest absolute Gasteiger partial charge is 0.337 e. The number of hydrogen-bond acceptors (Lipinski definition) is 3. The van der Waals surface area contributed by atoms with Crippen molar-refractivity contribution in [3.8, 4) is 0 Å². The molecule has 0 aliphatic heterocycles. The van der Waals surface area contributed by atoms with Crippen molar-refractivity contribution in [1.82, 2.24) is 4.90 Å². The van der Waals surface area contributed by atoms with Gasteiger partial charge in [0.2, 0.25) is 0 Å². The Hall–Kier alpha value is -0.610. The third kappa shape index (κ3) is 3.46. The lowest BCUT2D eigenvalue weighted by atomic mass is 9.88. The minimum Gasteiger partial charge on any atom is -0.479 e. The summed E-state index contributed by atoms with van der Waals surface area (Å²) in [5, 5.41) is 19.5. The van der Waals surface area contributed by atoms with Crippen molar-refractivity contribution in [3.05, 3.63) is 0 Å². The zero-order valence-corrected chi connectivity index (χ0v) is 10.9. The molecular weight excluding hydrogens is 206 g/mol. The van der Waals surface area contributed by atoms with Crippen LogP contribution in [0.1, 0.15) is 47.0 Å². The fourth-order valence-corrected chi connectivity index (χ4v) is 2.01. The highest BCUT2D eigenvalue weighted by molar-refractivity contribution is 5.78. The maximum Gasteiger partial charge on any atom is 0.337 e. The summed E-state index contributed by atoms with van der Waals surface area (Å²) in [6, 6.07) is -0.355. The Kier molecular flexibility index (Phi) is 6.60. The van der Waals surface area contributed by atoms with Gasteiger partial charge in [-0.2, -0.15) is 0 Å². The lowest BCUT2D eigenvalue weighted by Crippen LogP contribution is -2.56. The summed E-state index contributed by atoms with van der Waals surface area (Å²) in [6.45, 7) is 9.23. The lowest BCUT2D eigenvalue weighted by Gasteiger charge is -2.37. The molecule has 0 aromatic heterocycles. The predicted molar refractivity (Wildman–Crippen MR) is 64.5 cm³/mol. The van der Waals surface area contributed by atoms with Crippen LogP contribution in [0.3, 0.4) is 0 Å². The van der Waals surface area contributed by atoms with Crippen LogP contribution in [0, 0.1) is 0 Å². The largest absolute Gasteiger partial charge is 0.479 e. The van der Waals surface area contributed by atoms with Gasteiger partial charge in [0.25, 0.3) is 0 Å². The zero-order chi connectivity index (χ0) is 12.8. The Morgan fingerprint density at radius 3 is 2.12 bits per heavy atom. The number of rotatable bonds is 8. The normalized spacial score (nSPS) is 17.1. The summed E-state index contributed by atoms with van der Waals surface area (Å²) >= 11 is 0. The van der Waals surface area contributed by atoms with E-state index in [2.05, 4.69) is 0 Å². The van der Waals surface area contributed by atoms with Gasteiger partial charge >= 0.3 is 5.97 Å². The average Bonchev–Trinajstić information content (AvgIpc) is 2.27. The van der Waals surface area contributed by atoms with E-state index in [9.17, 15) is 15.0 Å². The molecule has 4 nitrogen and oxygen atoms in total. The van der Waals surface area contributed by atoms with Crippen LogP contribution in [-0.2, 0) is 4.79 Å². The van der Waals surface area contributed by atoms with Gasteiger partial charge in [0.05, 0.1) is 0 Å². The summed E-state index contributed by atoms with van der Waals surface area (Å²) in [5.41, 5.74) is -1.62. The van der Waals surface area contributed by atoms with Crippen molar-refractivity contribution < 1.29 is 15.0 Å². The highest BCUT2D eigenvalue weighted by Gasteiger charge is 2.43. The zero-order valence-electron chi connectivity index (χ0n) is 10.9. The van der Waals surface area contributed by atoms with Crippen molar-refractivity contribution in [2.24, 2.45) is 0 Å². The molecule has 0 fully saturated rings. The first-order valence-corrected chi connectivity index (χ1v) is 6.13. The Bertz CT molecular complexity index is 216. The molecular formula is C12H25NO3. The first kappa shape index (κ1) is 15.4. The van der Waals surface area contributed by atoms with E-state index in [1.54, 1.807) is 6.92 Å². The monoisotopic (exact) mass is 231 g/mol. The second kappa shape index (κ2) is 6.86. The first-order valence-electron chi connectivity index (χ1n) is 6.13. The van der Waals surface area contributed by atoms with Crippen LogP contribution in [0.25, 0.3) is 0 Å². The molecule has 0 spiro atoms. The van der Waals surface area contributed by atoms with E-state index < -0.39 is 11.6 Å². The molecule has 2 N–H and O–H groups in total. The summed E-state index contributed by atoms with van der Waals surface area (Å²) in [6.07, 6.45) is 1.94. The molecule has 2 atom stereocenters. The highest BCUT2D eigenvalue weighted by atomic mass is 16.4. The first-order chi connectivity index (χ1) is 7.43. The van der Waals surface area contributed by atoms with Gasteiger partial charge in [-0.15, -0.1) is 0 Å². The molecule has 4 heteroatoms. The molecule has 0 amide bonds. The fraction of sp³-hybridized carbons (Fsp3) is 0.917. The predicted octanol–water partition coefficient (Wildman–Crippen LogP) is 1.72. The number of carboxylic acids is 1. The topological polar surface area (TPSA) is 60.8 Å². The van der Waals surface area contributed by atoms with Crippen LogP contribution in [0.15, 0.2) is 0 Å². The van der Waals surface area contributed by atoms with Crippen molar-refractivity contribution in [3.63, 3.8) is 0 Å². The molecule has 0 aromatic rings. The van der Waals surface area contributed by atoms with Gasteiger partial charge in [-0.3, -0.25) is 4.90 Å². The van der Waals surface area contributed by atoms with Crippen molar-refractivity contribution in [1.29, 1.82) is 0 Å². The lowest BCUT2D eigenvalue weighted by molar-refractivity contribution is -0.167. The molecule has 96 valence electrons. The molecule has 2 unspecified atom stereocenters. The molecule has 0 rings (SSSR count). The van der Waals surface area contributed by atoms with Crippen molar-refractivity contribution >= 4 is 5.97 Å². The maximum atomic E-state index is 11.2. The number of likely N-dealkylation sites (N-methyl/N-ethyl adjacent to an activating group) is 1. The van der Waals surface area contributed by atoms with Gasteiger partial charge in [-0.05, 0) is 26.4 Å². The van der Waals surface area contributed by atoms with Crippen LogP contribution in [0.5, 0.6) is 0 Å². The van der Waals surface area contributed by atoms with Crippen LogP contribution >= 0.6 is 0 Å². The maximum absolute atomic E-state index is 11.2. The fourth-order valence-electron chi connectivity index (χ4n) is 2.01. The Balaban J connectivity index is 4.80. The standard InChI is InChI=1S/C12H25NO3/c1-5-8-9-12(16,11(14)15)10(4)13(6-2)7-3/h10,16H,5-9H2,1-4H3,(H,14,15). The molecule has 0 aliphatic rings. The van der Waals surface area contributed by atoms with E-state index in [0.717, 1.165) is 25.9 Å². The second-order valence-electron chi connectivity index (χ2n) is 4.23. The molecule has 0 aromatic carbocycles. The molecule has 0 radical (unpaired) electrons. The van der Waals surface area contributed by atoms with Gasteiger partial charge in [0.1, 0.15) is 0 Å². The molecule has 0 heterocycles. The number of nitrogens with zero attached hydrogens (tertiary/aromatic N) is 1. The number of aliphatic carboxylic acids is 1. The quantitative estimate of drug-likeness (QED) is 0.668. The van der Waals surface area contributed by atoms with E-state index >= 15 is 0 Å². The molecule has 0 saturated carbocycles. The van der Waals surface area contributed by atoms with E-state index in [1.165, 1.54) is 0 Å². The number of carboxylic acid groups (broad SMARTS) is 1. The highest BCUT2D eigenvalue weighted by Crippen LogP contribution is 2.23. The average molecular weight is 231 g/mol. The van der Waals surface area contributed by atoms with Gasteiger partial charge in [0.15, 0.2) is 5.60 Å². The minimum atomic E-state index is -1.62. The number of carbonyl (C=O) groups is 1. The third-order valence-corrected chi connectivity index (χ3v) is 3.33. The van der Waals surface area contributed by atoms with E-state index in [1.807, 2.05) is 25.7 Å². The van der Waals surface area contributed by atoms with Crippen molar-refractivity contribution in [2.75, 3.05) is 13.1 Å². The third-order valence-electron chi connectivity index (χ3n) is 3.33. The van der Waals surface area contributed by atoms with Gasteiger partial charge in [-0.1, -0.05) is 33.6 Å². The Morgan fingerprint density at radius 1 is 1.31 bits per heavy atom.